The van der Waals surface area contributed by atoms with Crippen molar-refractivity contribution in [1.29, 1.82) is 0 Å². The van der Waals surface area contributed by atoms with E-state index in [4.69, 9.17) is 0 Å². The summed E-state index contributed by atoms with van der Waals surface area (Å²) in [6, 6.07) is 1.75. The number of amides is 2. The molecule has 2 aliphatic heterocycles. The molecule has 108 valence electrons. The highest BCUT2D eigenvalue weighted by Crippen LogP contribution is 2.21. The molecule has 2 aliphatic rings. The third-order valence-electron chi connectivity index (χ3n) is 3.90. The Hall–Kier alpha value is -2.05. The normalized spacial score (nSPS) is 23.1. The Labute approximate surface area is 117 Å². The van der Waals surface area contributed by atoms with Gasteiger partial charge in [-0.3, -0.25) is 4.79 Å². The van der Waals surface area contributed by atoms with E-state index in [0.717, 1.165) is 39.0 Å². The lowest BCUT2D eigenvalue weighted by atomic mass is 10.0. The quantitative estimate of drug-likeness (QED) is 0.801. The van der Waals surface area contributed by atoms with Crippen LogP contribution < -0.4 is 15.8 Å². The SMILES string of the molecule is Cc1nc(N2CCCC(N3CCNC3=O)C2)cc(=O)[nH]1. The molecule has 3 heterocycles. The van der Waals surface area contributed by atoms with Gasteiger partial charge in [-0.2, -0.15) is 0 Å². The van der Waals surface area contributed by atoms with E-state index in [1.165, 1.54) is 6.07 Å². The average Bonchev–Trinajstić information content (AvgIpc) is 2.84. The van der Waals surface area contributed by atoms with E-state index in [-0.39, 0.29) is 17.6 Å². The first-order chi connectivity index (χ1) is 9.63. The molecule has 0 radical (unpaired) electrons. The van der Waals surface area contributed by atoms with Crippen LogP contribution in [0.1, 0.15) is 18.7 Å². The number of H-pyrrole nitrogens is 1. The van der Waals surface area contributed by atoms with E-state index in [9.17, 15) is 9.59 Å². The summed E-state index contributed by atoms with van der Waals surface area (Å²) in [7, 11) is 0. The van der Waals surface area contributed by atoms with Gasteiger partial charge in [0.25, 0.3) is 5.56 Å². The van der Waals surface area contributed by atoms with Crippen molar-refractivity contribution in [2.75, 3.05) is 31.1 Å². The minimum Gasteiger partial charge on any atom is -0.354 e. The zero-order valence-corrected chi connectivity index (χ0v) is 11.6. The Morgan fingerprint density at radius 3 is 2.90 bits per heavy atom. The molecule has 1 aromatic heterocycles. The summed E-state index contributed by atoms with van der Waals surface area (Å²) in [5, 5.41) is 2.84. The van der Waals surface area contributed by atoms with E-state index in [1.54, 1.807) is 6.92 Å². The minimum absolute atomic E-state index is 0.0203. The van der Waals surface area contributed by atoms with Crippen molar-refractivity contribution in [2.45, 2.75) is 25.8 Å². The molecule has 2 fully saturated rings. The fourth-order valence-electron chi connectivity index (χ4n) is 2.98. The van der Waals surface area contributed by atoms with E-state index in [2.05, 4.69) is 20.2 Å². The molecule has 7 nitrogen and oxygen atoms in total. The van der Waals surface area contributed by atoms with Crippen molar-refractivity contribution in [3.05, 3.63) is 22.2 Å². The van der Waals surface area contributed by atoms with Gasteiger partial charge < -0.3 is 20.1 Å². The number of anilines is 1. The predicted molar refractivity (Wildman–Crippen MR) is 74.9 cm³/mol. The largest absolute Gasteiger partial charge is 0.354 e. The highest BCUT2D eigenvalue weighted by molar-refractivity contribution is 5.76. The Bertz CT molecular complexity index is 570. The molecule has 1 atom stereocenters. The van der Waals surface area contributed by atoms with Gasteiger partial charge in [0, 0.05) is 32.2 Å². The Morgan fingerprint density at radius 2 is 2.20 bits per heavy atom. The summed E-state index contributed by atoms with van der Waals surface area (Å²) in [6.45, 7) is 4.88. The summed E-state index contributed by atoms with van der Waals surface area (Å²) in [5.41, 5.74) is -0.131. The van der Waals surface area contributed by atoms with Crippen molar-refractivity contribution in [3.63, 3.8) is 0 Å². The smallest absolute Gasteiger partial charge is 0.317 e. The molecular weight excluding hydrogens is 258 g/mol. The third kappa shape index (κ3) is 2.48. The lowest BCUT2D eigenvalue weighted by Gasteiger charge is -2.37. The van der Waals surface area contributed by atoms with Gasteiger partial charge >= 0.3 is 6.03 Å². The van der Waals surface area contributed by atoms with Crippen molar-refractivity contribution in [1.82, 2.24) is 20.2 Å². The summed E-state index contributed by atoms with van der Waals surface area (Å²) in [6.07, 6.45) is 2.01. The number of carbonyl (C=O) groups excluding carboxylic acids is 1. The van der Waals surface area contributed by atoms with Crippen LogP contribution in [-0.2, 0) is 0 Å². The Balaban J connectivity index is 1.77. The standard InChI is InChI=1S/C13H19N5O2/c1-9-15-11(7-12(19)16-9)17-5-2-3-10(8-17)18-6-4-14-13(18)20/h7,10H,2-6,8H2,1H3,(H,14,20)(H,15,16,19). The van der Waals surface area contributed by atoms with Crippen LogP contribution in [0.5, 0.6) is 0 Å². The highest BCUT2D eigenvalue weighted by atomic mass is 16.2. The highest BCUT2D eigenvalue weighted by Gasteiger charge is 2.31. The first-order valence-corrected chi connectivity index (χ1v) is 7.01. The molecule has 0 spiro atoms. The molecule has 1 unspecified atom stereocenters. The second-order valence-corrected chi connectivity index (χ2v) is 5.36. The monoisotopic (exact) mass is 277 g/mol. The zero-order valence-electron chi connectivity index (χ0n) is 11.6. The molecule has 3 rings (SSSR count). The molecule has 1 aromatic rings. The molecule has 0 bridgehead atoms. The van der Waals surface area contributed by atoms with E-state index in [0.29, 0.717) is 11.6 Å². The van der Waals surface area contributed by atoms with Crippen LogP contribution in [0.4, 0.5) is 10.6 Å². The van der Waals surface area contributed by atoms with Gasteiger partial charge in [0.2, 0.25) is 0 Å². The Morgan fingerprint density at radius 1 is 1.35 bits per heavy atom. The van der Waals surface area contributed by atoms with Crippen LogP contribution in [0, 0.1) is 6.92 Å². The summed E-state index contributed by atoms with van der Waals surface area (Å²) >= 11 is 0. The molecular formula is C13H19N5O2. The number of rotatable bonds is 2. The van der Waals surface area contributed by atoms with Gasteiger partial charge in [0.15, 0.2) is 0 Å². The maximum absolute atomic E-state index is 11.8. The maximum atomic E-state index is 11.8. The summed E-state index contributed by atoms with van der Waals surface area (Å²) in [5.74, 6) is 1.32. The van der Waals surface area contributed by atoms with Crippen molar-refractivity contribution >= 4 is 11.8 Å². The lowest BCUT2D eigenvalue weighted by Crippen LogP contribution is -2.49. The number of aryl methyl sites for hydroxylation is 1. The van der Waals surface area contributed by atoms with Crippen LogP contribution in [0.3, 0.4) is 0 Å². The number of hydrogen-bond acceptors (Lipinski definition) is 4. The first kappa shape index (κ1) is 13.0. The minimum atomic E-state index is -0.131. The van der Waals surface area contributed by atoms with Gasteiger partial charge in [0.05, 0.1) is 6.04 Å². The second kappa shape index (κ2) is 5.15. The van der Waals surface area contributed by atoms with Crippen LogP contribution in [0.25, 0.3) is 0 Å². The van der Waals surface area contributed by atoms with Crippen molar-refractivity contribution in [2.24, 2.45) is 0 Å². The van der Waals surface area contributed by atoms with Crippen LogP contribution in [-0.4, -0.2) is 53.1 Å². The maximum Gasteiger partial charge on any atom is 0.317 e. The van der Waals surface area contributed by atoms with Crippen molar-refractivity contribution < 1.29 is 4.79 Å². The lowest BCUT2D eigenvalue weighted by molar-refractivity contribution is 0.189. The number of urea groups is 1. The number of aromatic nitrogens is 2. The van der Waals surface area contributed by atoms with Crippen molar-refractivity contribution in [3.8, 4) is 0 Å². The first-order valence-electron chi connectivity index (χ1n) is 7.01. The molecule has 20 heavy (non-hydrogen) atoms. The molecule has 2 saturated heterocycles. The number of aromatic amines is 1. The summed E-state index contributed by atoms with van der Waals surface area (Å²) < 4.78 is 0. The topological polar surface area (TPSA) is 81.3 Å². The van der Waals surface area contributed by atoms with Gasteiger partial charge in [0.1, 0.15) is 11.6 Å². The van der Waals surface area contributed by atoms with E-state index < -0.39 is 0 Å². The van der Waals surface area contributed by atoms with E-state index >= 15 is 0 Å². The van der Waals surface area contributed by atoms with Gasteiger partial charge in [-0.1, -0.05) is 0 Å². The van der Waals surface area contributed by atoms with E-state index in [1.807, 2.05) is 4.90 Å². The fourth-order valence-corrected chi connectivity index (χ4v) is 2.98. The van der Waals surface area contributed by atoms with Gasteiger partial charge in [-0.05, 0) is 19.8 Å². The molecule has 2 N–H and O–H groups in total. The number of nitrogens with zero attached hydrogens (tertiary/aromatic N) is 3. The molecule has 0 saturated carbocycles. The molecule has 2 amide bonds. The Kier molecular flexibility index (Phi) is 3.33. The van der Waals surface area contributed by atoms with Gasteiger partial charge in [-0.25, -0.2) is 9.78 Å². The summed E-state index contributed by atoms with van der Waals surface area (Å²) in [4.78, 5) is 34.3. The molecule has 0 aliphatic carbocycles. The fraction of sp³-hybridized carbons (Fsp3) is 0.615. The molecule has 0 aromatic carbocycles. The molecule has 7 heteroatoms. The third-order valence-corrected chi connectivity index (χ3v) is 3.90. The van der Waals surface area contributed by atoms with Crippen LogP contribution in [0.2, 0.25) is 0 Å². The number of piperidine rings is 1. The second-order valence-electron chi connectivity index (χ2n) is 5.36. The number of nitrogens with one attached hydrogen (secondary N) is 2. The zero-order chi connectivity index (χ0) is 14.1. The van der Waals surface area contributed by atoms with Crippen LogP contribution in [0.15, 0.2) is 10.9 Å². The predicted octanol–water partition coefficient (Wildman–Crippen LogP) is 0.0723. The number of hydrogen-bond donors (Lipinski definition) is 2. The van der Waals surface area contributed by atoms with Crippen LogP contribution >= 0.6 is 0 Å². The van der Waals surface area contributed by atoms with Gasteiger partial charge in [-0.15, -0.1) is 0 Å². The average molecular weight is 277 g/mol. The number of carbonyl (C=O) groups is 1.